The molecule has 0 radical (unpaired) electrons. The second kappa shape index (κ2) is 3.87. The standard InChI is InChI=1S/C10H9O5P/c11-5-10(16(12,13)14)8-6-15-9-4-2-1-3-7(8)9/h1-6,10H,(H2,12,13,14). The highest BCUT2D eigenvalue weighted by Gasteiger charge is 2.32. The summed E-state index contributed by atoms with van der Waals surface area (Å²) in [6, 6.07) is 6.77. The van der Waals surface area contributed by atoms with E-state index in [2.05, 4.69) is 0 Å². The molecule has 5 nitrogen and oxygen atoms in total. The lowest BCUT2D eigenvalue weighted by Gasteiger charge is -2.10. The van der Waals surface area contributed by atoms with Gasteiger partial charge in [-0.15, -0.1) is 0 Å². The summed E-state index contributed by atoms with van der Waals surface area (Å²) >= 11 is 0. The molecule has 1 aromatic carbocycles. The number of furan rings is 1. The zero-order valence-corrected chi connectivity index (χ0v) is 9.00. The zero-order valence-electron chi connectivity index (χ0n) is 8.11. The highest BCUT2D eigenvalue weighted by atomic mass is 31.2. The largest absolute Gasteiger partial charge is 0.464 e. The molecule has 16 heavy (non-hydrogen) atoms. The Morgan fingerprint density at radius 2 is 2.00 bits per heavy atom. The maximum Gasteiger partial charge on any atom is 0.340 e. The predicted octanol–water partition coefficient (Wildman–Crippen LogP) is 1.85. The smallest absolute Gasteiger partial charge is 0.340 e. The van der Waals surface area contributed by atoms with Crippen LogP contribution in [-0.2, 0) is 9.36 Å². The molecule has 1 unspecified atom stereocenters. The van der Waals surface area contributed by atoms with E-state index < -0.39 is 13.3 Å². The van der Waals surface area contributed by atoms with Crippen LogP contribution >= 0.6 is 7.60 Å². The molecule has 2 rings (SSSR count). The zero-order chi connectivity index (χ0) is 11.8. The van der Waals surface area contributed by atoms with Crippen molar-refractivity contribution in [1.82, 2.24) is 0 Å². The summed E-state index contributed by atoms with van der Waals surface area (Å²) in [4.78, 5) is 28.9. The molecule has 0 fully saturated rings. The molecule has 1 heterocycles. The van der Waals surface area contributed by atoms with Crippen LogP contribution in [0.15, 0.2) is 34.9 Å². The fraction of sp³-hybridized carbons (Fsp3) is 0.100. The lowest BCUT2D eigenvalue weighted by molar-refractivity contribution is -0.107. The van der Waals surface area contributed by atoms with Crippen molar-refractivity contribution in [2.75, 3.05) is 0 Å². The van der Waals surface area contributed by atoms with Crippen molar-refractivity contribution in [1.29, 1.82) is 0 Å². The Balaban J connectivity index is 2.63. The van der Waals surface area contributed by atoms with Gasteiger partial charge in [0.05, 0.1) is 6.26 Å². The molecule has 84 valence electrons. The first-order chi connectivity index (χ1) is 7.54. The molecule has 0 aliphatic heterocycles. The number of hydrogen-bond donors (Lipinski definition) is 2. The van der Waals surface area contributed by atoms with Gasteiger partial charge < -0.3 is 19.0 Å². The van der Waals surface area contributed by atoms with Crippen LogP contribution in [0.3, 0.4) is 0 Å². The van der Waals surface area contributed by atoms with Crippen LogP contribution in [0.4, 0.5) is 0 Å². The van der Waals surface area contributed by atoms with Crippen molar-refractivity contribution in [2.45, 2.75) is 5.66 Å². The topological polar surface area (TPSA) is 87.7 Å². The summed E-state index contributed by atoms with van der Waals surface area (Å²) < 4.78 is 16.3. The summed E-state index contributed by atoms with van der Waals surface area (Å²) in [5, 5.41) is 0.544. The molecule has 0 spiro atoms. The quantitative estimate of drug-likeness (QED) is 0.631. The molecule has 2 aromatic rings. The molecule has 1 atom stereocenters. The number of benzene rings is 1. The normalized spacial score (nSPS) is 13.9. The highest BCUT2D eigenvalue weighted by molar-refractivity contribution is 7.53. The third-order valence-corrected chi connectivity index (χ3v) is 3.45. The van der Waals surface area contributed by atoms with E-state index in [1.54, 1.807) is 24.3 Å². The van der Waals surface area contributed by atoms with Gasteiger partial charge in [0.2, 0.25) is 0 Å². The van der Waals surface area contributed by atoms with Crippen molar-refractivity contribution in [3.05, 3.63) is 36.1 Å². The first kappa shape index (κ1) is 11.1. The van der Waals surface area contributed by atoms with Gasteiger partial charge in [-0.25, -0.2) is 0 Å². The Labute approximate surface area is 90.9 Å². The van der Waals surface area contributed by atoms with Crippen LogP contribution in [0.2, 0.25) is 0 Å². The van der Waals surface area contributed by atoms with Crippen molar-refractivity contribution in [3.63, 3.8) is 0 Å². The first-order valence-corrected chi connectivity index (χ1v) is 6.19. The lowest BCUT2D eigenvalue weighted by atomic mass is 10.1. The Hall–Kier alpha value is -1.42. The average Bonchev–Trinajstić information content (AvgIpc) is 2.61. The van der Waals surface area contributed by atoms with E-state index in [1.165, 1.54) is 6.26 Å². The van der Waals surface area contributed by atoms with Gasteiger partial charge in [0.1, 0.15) is 17.5 Å². The summed E-state index contributed by atoms with van der Waals surface area (Å²) in [7, 11) is -4.50. The summed E-state index contributed by atoms with van der Waals surface area (Å²) in [6.45, 7) is 0. The molecule has 1 aromatic heterocycles. The molecule has 0 saturated heterocycles. The number of hydrogen-bond acceptors (Lipinski definition) is 3. The molecule has 0 bridgehead atoms. The maximum absolute atomic E-state index is 11.1. The number of aldehydes is 1. The predicted molar refractivity (Wildman–Crippen MR) is 57.1 cm³/mol. The van der Waals surface area contributed by atoms with Crippen LogP contribution in [0.1, 0.15) is 11.2 Å². The number of carbonyl (C=O) groups excluding carboxylic acids is 1. The molecule has 0 saturated carbocycles. The highest BCUT2D eigenvalue weighted by Crippen LogP contribution is 2.52. The van der Waals surface area contributed by atoms with Crippen LogP contribution in [0, 0.1) is 0 Å². The third-order valence-electron chi connectivity index (χ3n) is 2.32. The summed E-state index contributed by atoms with van der Waals surface area (Å²) in [5.41, 5.74) is -0.743. The Kier molecular flexibility index (Phi) is 2.68. The van der Waals surface area contributed by atoms with Crippen molar-refractivity contribution < 1.29 is 23.6 Å². The Bertz CT molecular complexity index is 567. The minimum atomic E-state index is -4.50. The average molecular weight is 240 g/mol. The summed E-state index contributed by atoms with van der Waals surface area (Å²) in [5.74, 6) is 0. The van der Waals surface area contributed by atoms with Crippen molar-refractivity contribution in [2.24, 2.45) is 0 Å². The van der Waals surface area contributed by atoms with E-state index in [4.69, 9.17) is 14.2 Å². The molecular formula is C10H9O5P. The number of rotatable bonds is 3. The van der Waals surface area contributed by atoms with E-state index >= 15 is 0 Å². The van der Waals surface area contributed by atoms with Crippen LogP contribution in [0.25, 0.3) is 11.0 Å². The SMILES string of the molecule is O=CC(c1coc2ccccc12)P(=O)(O)O. The van der Waals surface area contributed by atoms with Gasteiger partial charge in [-0.1, -0.05) is 18.2 Å². The van der Waals surface area contributed by atoms with E-state index in [0.29, 0.717) is 11.0 Å². The number of para-hydroxylation sites is 1. The fourth-order valence-electron chi connectivity index (χ4n) is 1.56. The van der Waals surface area contributed by atoms with Gasteiger partial charge in [-0.2, -0.15) is 0 Å². The molecule has 6 heteroatoms. The van der Waals surface area contributed by atoms with Crippen molar-refractivity contribution in [3.8, 4) is 0 Å². The molecule has 0 aliphatic carbocycles. The molecular weight excluding hydrogens is 231 g/mol. The third kappa shape index (κ3) is 1.80. The fourth-order valence-corrected chi connectivity index (χ4v) is 2.28. The molecule has 0 aliphatic rings. The van der Waals surface area contributed by atoms with Gasteiger partial charge in [-0.3, -0.25) is 4.57 Å². The van der Waals surface area contributed by atoms with E-state index in [-0.39, 0.29) is 11.8 Å². The monoisotopic (exact) mass is 240 g/mol. The molecule has 0 amide bonds. The van der Waals surface area contributed by atoms with Gasteiger partial charge in [-0.05, 0) is 6.07 Å². The summed E-state index contributed by atoms with van der Waals surface area (Å²) in [6.07, 6.45) is 1.46. The van der Waals surface area contributed by atoms with E-state index in [9.17, 15) is 9.36 Å². The van der Waals surface area contributed by atoms with Crippen LogP contribution in [0.5, 0.6) is 0 Å². The second-order valence-corrected chi connectivity index (χ2v) is 5.09. The van der Waals surface area contributed by atoms with Gasteiger partial charge >= 0.3 is 7.60 Å². The number of carbonyl (C=O) groups is 1. The van der Waals surface area contributed by atoms with E-state index in [0.717, 1.165) is 0 Å². The first-order valence-electron chi connectivity index (χ1n) is 4.50. The Morgan fingerprint density at radius 1 is 1.31 bits per heavy atom. The lowest BCUT2D eigenvalue weighted by Crippen LogP contribution is -2.00. The Morgan fingerprint density at radius 3 is 2.62 bits per heavy atom. The van der Waals surface area contributed by atoms with Crippen LogP contribution < -0.4 is 0 Å². The van der Waals surface area contributed by atoms with Crippen LogP contribution in [-0.4, -0.2) is 16.1 Å². The van der Waals surface area contributed by atoms with Gasteiger partial charge in [0.15, 0.2) is 0 Å². The van der Waals surface area contributed by atoms with Gasteiger partial charge in [0.25, 0.3) is 0 Å². The number of fused-ring (bicyclic) bond motifs is 1. The molecule has 2 N–H and O–H groups in total. The second-order valence-electron chi connectivity index (χ2n) is 3.36. The van der Waals surface area contributed by atoms with Crippen molar-refractivity contribution >= 4 is 24.9 Å². The minimum absolute atomic E-state index is 0.221. The maximum atomic E-state index is 11.1. The minimum Gasteiger partial charge on any atom is -0.464 e. The van der Waals surface area contributed by atoms with E-state index in [1.807, 2.05) is 0 Å². The van der Waals surface area contributed by atoms with Gasteiger partial charge in [0, 0.05) is 10.9 Å².